The van der Waals surface area contributed by atoms with Crippen LogP contribution in [0, 0.1) is 0 Å². The van der Waals surface area contributed by atoms with E-state index in [9.17, 15) is 13.2 Å². The number of sulfonamides is 1. The molecule has 0 aromatic heterocycles. The van der Waals surface area contributed by atoms with Crippen LogP contribution in [0.2, 0.25) is 5.02 Å². The number of anilines is 2. The monoisotopic (exact) mass is 485 g/mol. The molecule has 1 heterocycles. The highest BCUT2D eigenvalue weighted by Gasteiger charge is 2.25. The van der Waals surface area contributed by atoms with Crippen molar-refractivity contribution >= 4 is 38.9 Å². The van der Waals surface area contributed by atoms with Gasteiger partial charge in [0.15, 0.2) is 0 Å². The fourth-order valence-electron chi connectivity index (χ4n) is 3.75. The lowest BCUT2D eigenvalue weighted by atomic mass is 10.1. The summed E-state index contributed by atoms with van der Waals surface area (Å²) in [6.07, 6.45) is 0. The van der Waals surface area contributed by atoms with Gasteiger partial charge in [-0.25, -0.2) is 8.42 Å². The van der Waals surface area contributed by atoms with E-state index in [2.05, 4.69) is 9.62 Å². The summed E-state index contributed by atoms with van der Waals surface area (Å²) in [4.78, 5) is 17.0. The van der Waals surface area contributed by atoms with Gasteiger partial charge in [-0.1, -0.05) is 29.8 Å². The number of halogens is 1. The molecule has 0 spiro atoms. The number of amides is 1. The van der Waals surface area contributed by atoms with Gasteiger partial charge < -0.3 is 14.5 Å². The Morgan fingerprint density at radius 3 is 2.33 bits per heavy atom. The van der Waals surface area contributed by atoms with Gasteiger partial charge in [0.05, 0.1) is 17.7 Å². The Morgan fingerprint density at radius 1 is 0.939 bits per heavy atom. The first kappa shape index (κ1) is 22.9. The Bertz CT molecular complexity index is 1240. The molecule has 172 valence electrons. The molecule has 0 aliphatic carbocycles. The van der Waals surface area contributed by atoms with Gasteiger partial charge in [0.2, 0.25) is 0 Å². The van der Waals surface area contributed by atoms with Crippen LogP contribution in [0.5, 0.6) is 5.75 Å². The van der Waals surface area contributed by atoms with Gasteiger partial charge >= 0.3 is 0 Å². The molecule has 4 rings (SSSR count). The third-order valence-corrected chi connectivity index (χ3v) is 7.11. The molecule has 1 fully saturated rings. The number of ether oxygens (including phenoxy) is 1. The summed E-state index contributed by atoms with van der Waals surface area (Å²) in [6, 6.07) is 20.2. The van der Waals surface area contributed by atoms with Crippen LogP contribution in [0.3, 0.4) is 0 Å². The first-order valence-corrected chi connectivity index (χ1v) is 12.3. The number of hydrogen-bond acceptors (Lipinski definition) is 5. The SMILES string of the molecule is COc1ccccc1N1CCN(C(=O)c2cccc(S(=O)(=O)Nc3ccc(Cl)cc3)c2)CC1. The fraction of sp³-hybridized carbons (Fsp3) is 0.208. The first-order chi connectivity index (χ1) is 15.9. The maximum absolute atomic E-state index is 13.1. The fourth-order valence-corrected chi connectivity index (χ4v) is 4.98. The van der Waals surface area contributed by atoms with Gasteiger partial charge in [0.25, 0.3) is 15.9 Å². The highest BCUT2D eigenvalue weighted by molar-refractivity contribution is 7.92. The maximum atomic E-state index is 13.1. The molecule has 3 aromatic rings. The molecule has 1 aliphatic heterocycles. The van der Waals surface area contributed by atoms with Crippen LogP contribution < -0.4 is 14.4 Å². The summed E-state index contributed by atoms with van der Waals surface area (Å²) in [7, 11) is -2.21. The number of para-hydroxylation sites is 2. The number of rotatable bonds is 6. The Balaban J connectivity index is 1.45. The Morgan fingerprint density at radius 2 is 1.64 bits per heavy atom. The molecular weight excluding hydrogens is 462 g/mol. The van der Waals surface area contributed by atoms with Gasteiger partial charge in [0.1, 0.15) is 5.75 Å². The topological polar surface area (TPSA) is 79.0 Å². The van der Waals surface area contributed by atoms with Gasteiger partial charge in [-0.15, -0.1) is 0 Å². The number of carbonyl (C=O) groups is 1. The molecule has 0 atom stereocenters. The average molecular weight is 486 g/mol. The number of hydrogen-bond donors (Lipinski definition) is 1. The molecule has 0 bridgehead atoms. The van der Waals surface area contributed by atoms with E-state index >= 15 is 0 Å². The minimum atomic E-state index is -3.85. The molecule has 1 saturated heterocycles. The zero-order valence-corrected chi connectivity index (χ0v) is 19.6. The van der Waals surface area contributed by atoms with Crippen LogP contribution >= 0.6 is 11.6 Å². The molecule has 7 nitrogen and oxygen atoms in total. The van der Waals surface area contributed by atoms with Crippen molar-refractivity contribution in [1.82, 2.24) is 4.90 Å². The second-order valence-electron chi connectivity index (χ2n) is 7.59. The molecule has 1 aliphatic rings. The van der Waals surface area contributed by atoms with E-state index in [1.165, 1.54) is 12.1 Å². The molecule has 1 amide bonds. The lowest BCUT2D eigenvalue weighted by Gasteiger charge is -2.36. The summed E-state index contributed by atoms with van der Waals surface area (Å²) >= 11 is 5.86. The third-order valence-electron chi connectivity index (χ3n) is 5.48. The Kier molecular flexibility index (Phi) is 6.76. The van der Waals surface area contributed by atoms with E-state index in [0.717, 1.165) is 11.4 Å². The lowest BCUT2D eigenvalue weighted by Crippen LogP contribution is -2.48. The first-order valence-electron chi connectivity index (χ1n) is 10.4. The molecule has 3 aromatic carbocycles. The molecule has 33 heavy (non-hydrogen) atoms. The molecule has 1 N–H and O–H groups in total. The van der Waals surface area contributed by atoms with Crippen molar-refractivity contribution in [2.75, 3.05) is 42.9 Å². The van der Waals surface area contributed by atoms with Crippen molar-refractivity contribution in [3.63, 3.8) is 0 Å². The van der Waals surface area contributed by atoms with Crippen molar-refractivity contribution in [3.8, 4) is 5.75 Å². The van der Waals surface area contributed by atoms with Gasteiger partial charge in [-0.05, 0) is 54.6 Å². The van der Waals surface area contributed by atoms with Crippen molar-refractivity contribution in [3.05, 3.63) is 83.4 Å². The number of methoxy groups -OCH3 is 1. The second-order valence-corrected chi connectivity index (χ2v) is 9.71. The van der Waals surface area contributed by atoms with Crippen LogP contribution in [-0.4, -0.2) is 52.5 Å². The number of nitrogens with one attached hydrogen (secondary N) is 1. The quantitative estimate of drug-likeness (QED) is 0.568. The highest BCUT2D eigenvalue weighted by Crippen LogP contribution is 2.28. The minimum absolute atomic E-state index is 0.0240. The largest absolute Gasteiger partial charge is 0.495 e. The predicted molar refractivity (Wildman–Crippen MR) is 130 cm³/mol. The zero-order valence-electron chi connectivity index (χ0n) is 18.1. The van der Waals surface area contributed by atoms with Crippen LogP contribution in [0.1, 0.15) is 10.4 Å². The summed E-state index contributed by atoms with van der Waals surface area (Å²) in [5.41, 5.74) is 1.72. The van der Waals surface area contributed by atoms with Gasteiger partial charge in [0, 0.05) is 42.5 Å². The normalized spacial score (nSPS) is 14.1. The second kappa shape index (κ2) is 9.72. The Hall–Kier alpha value is -3.23. The van der Waals surface area contributed by atoms with Gasteiger partial charge in [-0.3, -0.25) is 9.52 Å². The third kappa shape index (κ3) is 5.23. The summed E-state index contributed by atoms with van der Waals surface area (Å²) in [5, 5.41) is 0.511. The van der Waals surface area contributed by atoms with Crippen molar-refractivity contribution in [2.45, 2.75) is 4.90 Å². The van der Waals surface area contributed by atoms with Crippen molar-refractivity contribution in [2.24, 2.45) is 0 Å². The van der Waals surface area contributed by atoms with E-state index in [1.54, 1.807) is 48.4 Å². The van der Waals surface area contributed by atoms with Crippen LogP contribution in [0.4, 0.5) is 11.4 Å². The maximum Gasteiger partial charge on any atom is 0.261 e. The summed E-state index contributed by atoms with van der Waals surface area (Å²) in [6.45, 7) is 2.36. The van der Waals surface area contributed by atoms with E-state index in [4.69, 9.17) is 16.3 Å². The number of nitrogens with zero attached hydrogens (tertiary/aromatic N) is 2. The summed E-state index contributed by atoms with van der Waals surface area (Å²) in [5.74, 6) is 0.599. The molecule has 9 heteroatoms. The van der Waals surface area contributed by atoms with Gasteiger partial charge in [-0.2, -0.15) is 0 Å². The minimum Gasteiger partial charge on any atom is -0.495 e. The number of piperazine rings is 1. The molecular formula is C24H24ClN3O4S. The van der Waals surface area contributed by atoms with Crippen LogP contribution in [0.25, 0.3) is 0 Å². The smallest absolute Gasteiger partial charge is 0.261 e. The van der Waals surface area contributed by atoms with Crippen molar-refractivity contribution < 1.29 is 17.9 Å². The van der Waals surface area contributed by atoms with E-state index in [0.29, 0.717) is 42.5 Å². The zero-order chi connectivity index (χ0) is 23.4. The molecule has 0 unspecified atom stereocenters. The average Bonchev–Trinajstić information content (AvgIpc) is 2.85. The molecule has 0 saturated carbocycles. The highest BCUT2D eigenvalue weighted by atomic mass is 35.5. The van der Waals surface area contributed by atoms with Crippen LogP contribution in [-0.2, 0) is 10.0 Å². The number of benzene rings is 3. The standard InChI is InChI=1S/C24H24ClN3O4S/c1-32-23-8-3-2-7-22(23)27-13-15-28(16-14-27)24(29)18-5-4-6-21(17-18)33(30,31)26-20-11-9-19(25)10-12-20/h2-12,17,26H,13-16H2,1H3. The van der Waals surface area contributed by atoms with Crippen molar-refractivity contribution in [1.29, 1.82) is 0 Å². The van der Waals surface area contributed by atoms with E-state index in [-0.39, 0.29) is 10.8 Å². The van der Waals surface area contributed by atoms with E-state index in [1.807, 2.05) is 24.3 Å². The Labute approximate surface area is 198 Å². The lowest BCUT2D eigenvalue weighted by molar-refractivity contribution is 0.0746. The van der Waals surface area contributed by atoms with E-state index < -0.39 is 10.0 Å². The van der Waals surface area contributed by atoms with Crippen LogP contribution in [0.15, 0.2) is 77.7 Å². The predicted octanol–water partition coefficient (Wildman–Crippen LogP) is 4.11. The summed E-state index contributed by atoms with van der Waals surface area (Å²) < 4.78 is 33.6. The molecule has 0 radical (unpaired) electrons. The number of carbonyl (C=O) groups excluding carboxylic acids is 1.